The molecule has 8 heteroatoms. The fraction of sp³-hybridized carbons (Fsp3) is 0.182. The van der Waals surface area contributed by atoms with E-state index >= 15 is 0 Å². The van der Waals surface area contributed by atoms with Crippen molar-refractivity contribution in [1.29, 1.82) is 0 Å². The van der Waals surface area contributed by atoms with Gasteiger partial charge in [0.25, 0.3) is 0 Å². The van der Waals surface area contributed by atoms with Crippen LogP contribution >= 0.6 is 0 Å². The van der Waals surface area contributed by atoms with Crippen molar-refractivity contribution in [2.45, 2.75) is 0 Å². The molecule has 0 aromatic carbocycles. The van der Waals surface area contributed by atoms with Gasteiger partial charge in [-0.1, -0.05) is 6.07 Å². The Morgan fingerprint density at radius 2 is 1.26 bits per heavy atom. The maximum atomic E-state index is 4.45. The topological polar surface area (TPSA) is 62.3 Å². The van der Waals surface area contributed by atoms with Gasteiger partial charge in [0.05, 0.1) is 13.1 Å². The van der Waals surface area contributed by atoms with Crippen LogP contribution in [0.1, 0.15) is 11.4 Å². The first-order chi connectivity index (χ1) is 7.93. The fourth-order valence-electron chi connectivity index (χ4n) is 1.57. The molecule has 0 fully saturated rings. The van der Waals surface area contributed by atoms with E-state index in [0.29, 0.717) is 24.8 Å². The molecule has 0 spiro atoms. The molecule has 0 aliphatic carbocycles. The van der Waals surface area contributed by atoms with Gasteiger partial charge in [-0.2, -0.15) is 0 Å². The van der Waals surface area contributed by atoms with Crippen molar-refractivity contribution < 1.29 is 43.4 Å². The normalized spacial score (nSPS) is 14.9. The van der Waals surface area contributed by atoms with Crippen molar-refractivity contribution in [3.8, 4) is 0 Å². The number of halogens is 2. The maximum absolute atomic E-state index is 4.45. The molecule has 5 nitrogen and oxygen atoms in total. The summed E-state index contributed by atoms with van der Waals surface area (Å²) in [6.45, 7) is 1.28. The van der Waals surface area contributed by atoms with Crippen LogP contribution in [0, 0.1) is 0 Å². The van der Waals surface area contributed by atoms with E-state index in [4.69, 9.17) is 0 Å². The van der Waals surface area contributed by atoms with Gasteiger partial charge in [0.15, 0.2) is 11.7 Å². The SMILES string of the molecule is C1=NC(c2cccc(C3=NCC=N3)n2)=NC1.[Cl-].[Cl-].[V+2]. The predicted octanol–water partition coefficient (Wildman–Crippen LogP) is -5.25. The van der Waals surface area contributed by atoms with Gasteiger partial charge < -0.3 is 24.8 Å². The van der Waals surface area contributed by atoms with Crippen molar-refractivity contribution in [2.75, 3.05) is 13.1 Å². The van der Waals surface area contributed by atoms with E-state index in [0.717, 1.165) is 11.4 Å². The van der Waals surface area contributed by atoms with Crippen LogP contribution in [0.4, 0.5) is 0 Å². The number of aliphatic imine (C=N–C) groups is 4. The van der Waals surface area contributed by atoms with E-state index in [-0.39, 0.29) is 43.4 Å². The first kappa shape index (κ1) is 18.0. The van der Waals surface area contributed by atoms with Crippen LogP contribution in [-0.4, -0.2) is 42.2 Å². The van der Waals surface area contributed by atoms with Gasteiger partial charge >= 0.3 is 18.6 Å². The second kappa shape index (κ2) is 8.22. The van der Waals surface area contributed by atoms with Crippen LogP contribution in [0.2, 0.25) is 0 Å². The molecule has 0 atom stereocenters. The van der Waals surface area contributed by atoms with Crippen molar-refractivity contribution >= 4 is 24.1 Å². The van der Waals surface area contributed by atoms with Gasteiger partial charge in [-0.3, -0.25) is 9.98 Å². The average Bonchev–Trinajstić information content (AvgIpc) is 3.03. The Morgan fingerprint density at radius 1 is 0.789 bits per heavy atom. The largest absolute Gasteiger partial charge is 2.00 e. The smallest absolute Gasteiger partial charge is 1.00 e. The second-order valence-electron chi connectivity index (χ2n) is 3.36. The molecule has 97 valence electrons. The summed E-state index contributed by atoms with van der Waals surface area (Å²) >= 11 is 0. The summed E-state index contributed by atoms with van der Waals surface area (Å²) in [5.41, 5.74) is 1.55. The van der Waals surface area contributed by atoms with Gasteiger partial charge in [0.2, 0.25) is 0 Å². The maximum Gasteiger partial charge on any atom is 2.00 e. The number of hydrogen-bond donors (Lipinski definition) is 0. The number of amidine groups is 2. The van der Waals surface area contributed by atoms with E-state index in [1.165, 1.54) is 0 Å². The number of nitrogens with zero attached hydrogens (tertiary/aromatic N) is 5. The van der Waals surface area contributed by atoms with Gasteiger partial charge in [-0.05, 0) is 12.1 Å². The summed E-state index contributed by atoms with van der Waals surface area (Å²) < 4.78 is 0. The molecule has 0 saturated carbocycles. The minimum Gasteiger partial charge on any atom is -1.00 e. The Kier molecular flexibility index (Phi) is 7.79. The zero-order valence-electron chi connectivity index (χ0n) is 9.74. The standard InChI is InChI=1S/C11H9N5.2ClH.V/c1-2-8(10-12-4-5-13-10)16-9(3-1)11-14-6-7-15-11;;;/h1-4,6H,5,7H2;2*1H;/q;;;+2/p-2. The van der Waals surface area contributed by atoms with Crippen molar-refractivity contribution in [3.05, 3.63) is 29.6 Å². The summed E-state index contributed by atoms with van der Waals surface area (Å²) in [6.07, 6.45) is 3.55. The first-order valence-corrected chi connectivity index (χ1v) is 5.05. The summed E-state index contributed by atoms with van der Waals surface area (Å²) in [4.78, 5) is 21.2. The molecule has 19 heavy (non-hydrogen) atoms. The Morgan fingerprint density at radius 3 is 1.63 bits per heavy atom. The molecule has 3 rings (SSSR count). The van der Waals surface area contributed by atoms with Crippen LogP contribution in [0.5, 0.6) is 0 Å². The van der Waals surface area contributed by atoms with Crippen LogP contribution in [-0.2, 0) is 18.6 Å². The monoisotopic (exact) mass is 332 g/mol. The number of hydrogen-bond acceptors (Lipinski definition) is 5. The molecule has 3 heterocycles. The first-order valence-electron chi connectivity index (χ1n) is 5.05. The quantitative estimate of drug-likeness (QED) is 0.534. The Hall–Kier alpha value is -1.01. The molecule has 0 N–H and O–H groups in total. The summed E-state index contributed by atoms with van der Waals surface area (Å²) in [5.74, 6) is 1.37. The van der Waals surface area contributed by atoms with Gasteiger partial charge in [0.1, 0.15) is 11.4 Å². The summed E-state index contributed by atoms with van der Waals surface area (Å²) in [7, 11) is 0. The molecule has 2 aliphatic heterocycles. The zero-order valence-corrected chi connectivity index (χ0v) is 12.6. The minimum absolute atomic E-state index is 0. The number of pyridine rings is 1. The molecule has 1 aromatic heterocycles. The number of rotatable bonds is 2. The Labute approximate surface area is 135 Å². The summed E-state index contributed by atoms with van der Waals surface area (Å²) in [6, 6.07) is 5.71. The number of aromatic nitrogens is 1. The molecular formula is C11H9Cl2N5V. The third kappa shape index (κ3) is 3.98. The third-order valence-corrected chi connectivity index (χ3v) is 2.28. The van der Waals surface area contributed by atoms with E-state index in [2.05, 4.69) is 25.0 Å². The van der Waals surface area contributed by atoms with Crippen LogP contribution in [0.3, 0.4) is 0 Å². The molecule has 0 saturated heterocycles. The van der Waals surface area contributed by atoms with E-state index in [1.54, 1.807) is 12.4 Å². The van der Waals surface area contributed by atoms with Crippen molar-refractivity contribution in [1.82, 2.24) is 4.98 Å². The second-order valence-corrected chi connectivity index (χ2v) is 3.36. The van der Waals surface area contributed by atoms with Crippen LogP contribution in [0.25, 0.3) is 0 Å². The molecule has 0 bridgehead atoms. The Bertz CT molecular complexity index is 509. The molecule has 0 amide bonds. The van der Waals surface area contributed by atoms with E-state index in [9.17, 15) is 0 Å². The summed E-state index contributed by atoms with van der Waals surface area (Å²) in [5, 5.41) is 0. The fourth-order valence-corrected chi connectivity index (χ4v) is 1.57. The van der Waals surface area contributed by atoms with Crippen molar-refractivity contribution in [2.24, 2.45) is 20.0 Å². The van der Waals surface area contributed by atoms with Gasteiger partial charge in [-0.15, -0.1) is 0 Å². The molecule has 2 aliphatic rings. The van der Waals surface area contributed by atoms with Gasteiger partial charge in [-0.25, -0.2) is 15.0 Å². The van der Waals surface area contributed by atoms with Crippen LogP contribution < -0.4 is 24.8 Å². The van der Waals surface area contributed by atoms with E-state index in [1.807, 2.05) is 18.2 Å². The minimum atomic E-state index is 0. The molecule has 0 unspecified atom stereocenters. The van der Waals surface area contributed by atoms with E-state index < -0.39 is 0 Å². The predicted molar refractivity (Wildman–Crippen MR) is 64.0 cm³/mol. The Balaban J connectivity index is 0.00000108. The van der Waals surface area contributed by atoms with Crippen LogP contribution in [0.15, 0.2) is 38.2 Å². The molecule has 1 radical (unpaired) electrons. The zero-order chi connectivity index (χ0) is 10.8. The average molecular weight is 333 g/mol. The van der Waals surface area contributed by atoms with Crippen molar-refractivity contribution in [3.63, 3.8) is 0 Å². The molecule has 1 aromatic rings. The molecular weight excluding hydrogens is 324 g/mol. The van der Waals surface area contributed by atoms with Gasteiger partial charge in [0, 0.05) is 12.4 Å². The third-order valence-electron chi connectivity index (χ3n) is 2.28.